The number of carbonyl (C=O) groups excluding carboxylic acids is 1. The Kier molecular flexibility index (Phi) is 4.77. The average molecular weight is 326 g/mol. The first-order valence-corrected chi connectivity index (χ1v) is 7.71. The molecule has 0 aromatic heterocycles. The van der Waals surface area contributed by atoms with E-state index in [9.17, 15) is 14.7 Å². The van der Waals surface area contributed by atoms with E-state index in [2.05, 4.69) is 5.32 Å². The van der Waals surface area contributed by atoms with E-state index in [-0.39, 0.29) is 11.5 Å². The fourth-order valence-corrected chi connectivity index (χ4v) is 2.66. The van der Waals surface area contributed by atoms with Crippen molar-refractivity contribution in [2.24, 2.45) is 0 Å². The minimum absolute atomic E-state index is 0.169. The predicted molar refractivity (Wildman–Crippen MR) is 90.8 cm³/mol. The molecule has 1 aliphatic heterocycles. The van der Waals surface area contributed by atoms with Gasteiger partial charge in [-0.05, 0) is 30.3 Å². The molecule has 1 aliphatic rings. The molecule has 1 amide bonds. The molecule has 0 aliphatic carbocycles. The second-order valence-electron chi connectivity index (χ2n) is 5.46. The lowest BCUT2D eigenvalue weighted by molar-refractivity contribution is 0.0696. The van der Waals surface area contributed by atoms with Gasteiger partial charge in [0.25, 0.3) is 5.91 Å². The summed E-state index contributed by atoms with van der Waals surface area (Å²) < 4.78 is 5.30. The number of carboxylic acid groups (broad SMARTS) is 1. The summed E-state index contributed by atoms with van der Waals surface area (Å²) >= 11 is 0. The number of ether oxygens (including phenoxy) is 1. The smallest absolute Gasteiger partial charge is 0.337 e. The maximum Gasteiger partial charge on any atom is 0.337 e. The maximum atomic E-state index is 12.2. The third-order valence-electron chi connectivity index (χ3n) is 3.87. The summed E-state index contributed by atoms with van der Waals surface area (Å²) in [5.41, 5.74) is 1.79. The van der Waals surface area contributed by atoms with Crippen LogP contribution in [-0.2, 0) is 4.74 Å². The number of carbonyl (C=O) groups is 2. The number of aromatic carboxylic acids is 1. The highest BCUT2D eigenvalue weighted by atomic mass is 16.5. The standard InChI is InChI=1S/C18H18N2O4/c21-17(13-4-2-1-3-5-13)19-14-6-7-16(15(12-14)18(22)23)20-8-10-24-11-9-20/h1-7,12H,8-11H2,(H,19,21)(H,22,23). The summed E-state index contributed by atoms with van der Waals surface area (Å²) in [5.74, 6) is -1.29. The lowest BCUT2D eigenvalue weighted by atomic mass is 10.1. The van der Waals surface area contributed by atoms with E-state index >= 15 is 0 Å². The number of anilines is 2. The van der Waals surface area contributed by atoms with Crippen LogP contribution in [0.3, 0.4) is 0 Å². The van der Waals surface area contributed by atoms with Gasteiger partial charge in [0.05, 0.1) is 24.5 Å². The highest BCUT2D eigenvalue weighted by Gasteiger charge is 2.19. The van der Waals surface area contributed by atoms with Gasteiger partial charge in [-0.25, -0.2) is 4.79 Å². The van der Waals surface area contributed by atoms with E-state index in [0.29, 0.717) is 43.2 Å². The van der Waals surface area contributed by atoms with Crippen molar-refractivity contribution in [3.63, 3.8) is 0 Å². The Hall–Kier alpha value is -2.86. The summed E-state index contributed by atoms with van der Waals surface area (Å²) in [6, 6.07) is 13.7. The molecule has 24 heavy (non-hydrogen) atoms. The second-order valence-corrected chi connectivity index (χ2v) is 5.46. The molecule has 1 saturated heterocycles. The largest absolute Gasteiger partial charge is 0.478 e. The van der Waals surface area contributed by atoms with E-state index in [1.165, 1.54) is 6.07 Å². The monoisotopic (exact) mass is 326 g/mol. The van der Waals surface area contributed by atoms with Crippen LogP contribution in [0.2, 0.25) is 0 Å². The number of morpholine rings is 1. The molecule has 0 radical (unpaired) electrons. The van der Waals surface area contributed by atoms with Crippen molar-refractivity contribution in [1.82, 2.24) is 0 Å². The lowest BCUT2D eigenvalue weighted by Crippen LogP contribution is -2.37. The summed E-state index contributed by atoms with van der Waals surface area (Å²) in [6.45, 7) is 2.45. The van der Waals surface area contributed by atoms with E-state index in [1.807, 2.05) is 11.0 Å². The third kappa shape index (κ3) is 3.55. The fraction of sp³-hybridized carbons (Fsp3) is 0.222. The number of rotatable bonds is 4. The predicted octanol–water partition coefficient (Wildman–Crippen LogP) is 2.47. The maximum absolute atomic E-state index is 12.2. The average Bonchev–Trinajstić information content (AvgIpc) is 2.63. The molecule has 2 aromatic rings. The highest BCUT2D eigenvalue weighted by Crippen LogP contribution is 2.25. The van der Waals surface area contributed by atoms with Gasteiger partial charge in [-0.3, -0.25) is 4.79 Å². The minimum Gasteiger partial charge on any atom is -0.478 e. The number of nitrogens with one attached hydrogen (secondary N) is 1. The van der Waals surface area contributed by atoms with E-state index < -0.39 is 5.97 Å². The first kappa shape index (κ1) is 16.0. The van der Waals surface area contributed by atoms with Crippen molar-refractivity contribution in [2.45, 2.75) is 0 Å². The molecule has 1 heterocycles. The summed E-state index contributed by atoms with van der Waals surface area (Å²) in [6.07, 6.45) is 0. The van der Waals surface area contributed by atoms with Gasteiger partial charge in [0.15, 0.2) is 0 Å². The van der Waals surface area contributed by atoms with Gasteiger partial charge in [0, 0.05) is 24.3 Å². The number of carboxylic acids is 1. The normalized spacial score (nSPS) is 14.2. The Labute approximate surface area is 139 Å². The lowest BCUT2D eigenvalue weighted by Gasteiger charge is -2.30. The van der Waals surface area contributed by atoms with Crippen LogP contribution in [0, 0.1) is 0 Å². The summed E-state index contributed by atoms with van der Waals surface area (Å²) in [4.78, 5) is 25.8. The number of nitrogens with zero attached hydrogens (tertiary/aromatic N) is 1. The molecule has 0 bridgehead atoms. The molecule has 124 valence electrons. The molecular weight excluding hydrogens is 308 g/mol. The van der Waals surface area contributed by atoms with Gasteiger partial charge >= 0.3 is 5.97 Å². The van der Waals surface area contributed by atoms with Gasteiger partial charge < -0.3 is 20.1 Å². The zero-order chi connectivity index (χ0) is 16.9. The Morgan fingerprint density at radius 1 is 1.04 bits per heavy atom. The van der Waals surface area contributed by atoms with E-state index in [4.69, 9.17) is 4.74 Å². The molecule has 6 nitrogen and oxygen atoms in total. The van der Waals surface area contributed by atoms with Crippen LogP contribution >= 0.6 is 0 Å². The third-order valence-corrected chi connectivity index (χ3v) is 3.87. The molecule has 0 saturated carbocycles. The second kappa shape index (κ2) is 7.14. The van der Waals surface area contributed by atoms with Crippen LogP contribution in [0.15, 0.2) is 48.5 Å². The van der Waals surface area contributed by atoms with Crippen LogP contribution in [0.25, 0.3) is 0 Å². The molecule has 6 heteroatoms. The van der Waals surface area contributed by atoms with Gasteiger partial charge in [0.2, 0.25) is 0 Å². The fourth-order valence-electron chi connectivity index (χ4n) is 2.66. The van der Waals surface area contributed by atoms with Crippen LogP contribution in [-0.4, -0.2) is 43.3 Å². The SMILES string of the molecule is O=C(Nc1ccc(N2CCOCC2)c(C(=O)O)c1)c1ccccc1. The molecule has 0 unspecified atom stereocenters. The molecule has 2 aromatic carbocycles. The summed E-state index contributed by atoms with van der Waals surface area (Å²) in [5, 5.41) is 12.2. The van der Waals surface area contributed by atoms with Gasteiger partial charge in [-0.2, -0.15) is 0 Å². The number of amides is 1. The number of benzene rings is 2. The first-order valence-electron chi connectivity index (χ1n) is 7.71. The zero-order valence-corrected chi connectivity index (χ0v) is 13.1. The molecule has 2 N–H and O–H groups in total. The van der Waals surface area contributed by atoms with Crippen LogP contribution < -0.4 is 10.2 Å². The van der Waals surface area contributed by atoms with Crippen molar-refractivity contribution in [3.8, 4) is 0 Å². The van der Waals surface area contributed by atoms with Crippen molar-refractivity contribution >= 4 is 23.3 Å². The van der Waals surface area contributed by atoms with Crippen molar-refractivity contribution in [1.29, 1.82) is 0 Å². The van der Waals surface area contributed by atoms with E-state index in [0.717, 1.165) is 0 Å². The Morgan fingerprint density at radius 3 is 2.42 bits per heavy atom. The summed E-state index contributed by atoms with van der Waals surface area (Å²) in [7, 11) is 0. The number of hydrogen-bond acceptors (Lipinski definition) is 4. The van der Waals surface area contributed by atoms with Gasteiger partial charge in [-0.1, -0.05) is 18.2 Å². The molecular formula is C18H18N2O4. The molecule has 3 rings (SSSR count). The van der Waals surface area contributed by atoms with Crippen LogP contribution in [0.5, 0.6) is 0 Å². The van der Waals surface area contributed by atoms with E-state index in [1.54, 1.807) is 36.4 Å². The van der Waals surface area contributed by atoms with Crippen molar-refractivity contribution in [3.05, 3.63) is 59.7 Å². The molecule has 1 fully saturated rings. The molecule has 0 atom stereocenters. The van der Waals surface area contributed by atoms with Crippen molar-refractivity contribution < 1.29 is 19.4 Å². The van der Waals surface area contributed by atoms with Crippen LogP contribution in [0.1, 0.15) is 20.7 Å². The highest BCUT2D eigenvalue weighted by molar-refractivity contribution is 6.05. The van der Waals surface area contributed by atoms with Crippen LogP contribution in [0.4, 0.5) is 11.4 Å². The molecule has 0 spiro atoms. The zero-order valence-electron chi connectivity index (χ0n) is 13.1. The Bertz CT molecular complexity index is 740. The number of hydrogen-bond donors (Lipinski definition) is 2. The Morgan fingerprint density at radius 2 is 1.75 bits per heavy atom. The topological polar surface area (TPSA) is 78.9 Å². The van der Waals surface area contributed by atoms with Gasteiger partial charge in [-0.15, -0.1) is 0 Å². The minimum atomic E-state index is -1.02. The van der Waals surface area contributed by atoms with Gasteiger partial charge in [0.1, 0.15) is 0 Å². The first-order chi connectivity index (χ1) is 11.6. The Balaban J connectivity index is 1.83. The quantitative estimate of drug-likeness (QED) is 0.902. The van der Waals surface area contributed by atoms with Crippen molar-refractivity contribution in [2.75, 3.05) is 36.5 Å².